The Labute approximate surface area is 143 Å². The van der Waals surface area contributed by atoms with E-state index < -0.39 is 0 Å². The molecule has 1 aromatic rings. The van der Waals surface area contributed by atoms with Gasteiger partial charge in [0.05, 0.1) is 0 Å². The number of hydrogen-bond acceptors (Lipinski definition) is 1. The van der Waals surface area contributed by atoms with Crippen molar-refractivity contribution in [2.75, 3.05) is 19.6 Å². The minimum Gasteiger partial charge on any atom is -0.303 e. The van der Waals surface area contributed by atoms with Gasteiger partial charge < -0.3 is 4.90 Å². The normalized spacial score (nSPS) is 27.4. The van der Waals surface area contributed by atoms with Crippen molar-refractivity contribution in [1.82, 2.24) is 4.90 Å². The average Bonchev–Trinajstić information content (AvgIpc) is 2.99. The minimum absolute atomic E-state index is 0.511. The molecule has 128 valence electrons. The lowest BCUT2D eigenvalue weighted by molar-refractivity contribution is 0.155. The van der Waals surface area contributed by atoms with Gasteiger partial charge in [0.25, 0.3) is 0 Å². The Balaban J connectivity index is 1.40. The highest BCUT2D eigenvalue weighted by molar-refractivity contribution is 5.15. The van der Waals surface area contributed by atoms with Gasteiger partial charge in [-0.1, -0.05) is 51.1 Å². The van der Waals surface area contributed by atoms with Crippen LogP contribution in [0.2, 0.25) is 0 Å². The van der Waals surface area contributed by atoms with Gasteiger partial charge in [-0.05, 0) is 80.3 Å². The van der Waals surface area contributed by atoms with Crippen molar-refractivity contribution in [3.8, 4) is 0 Å². The van der Waals surface area contributed by atoms with E-state index in [0.29, 0.717) is 5.41 Å². The molecule has 0 amide bonds. The van der Waals surface area contributed by atoms with Crippen LogP contribution in [-0.4, -0.2) is 24.5 Å². The first kappa shape index (κ1) is 17.0. The van der Waals surface area contributed by atoms with E-state index in [9.17, 15) is 0 Å². The first-order valence-electron chi connectivity index (χ1n) is 9.77. The number of rotatable bonds is 4. The van der Waals surface area contributed by atoms with Gasteiger partial charge in [0.15, 0.2) is 0 Å². The van der Waals surface area contributed by atoms with E-state index >= 15 is 0 Å². The molecule has 1 saturated carbocycles. The Hall–Kier alpha value is -0.820. The molecule has 2 unspecified atom stereocenters. The molecule has 2 aliphatic rings. The Morgan fingerprint density at radius 3 is 2.22 bits per heavy atom. The standard InChI is InChI=1S/C22H35N/c1-22(2,3)21-10-9-20(16-21)17-23-13-11-19(12-14-23)15-18-7-5-4-6-8-18/h4-8,19-21H,9-17H2,1-3H3. The predicted octanol–water partition coefficient (Wildman–Crippen LogP) is 5.40. The number of nitrogens with zero attached hydrogens (tertiary/aromatic N) is 1. The van der Waals surface area contributed by atoms with Crippen LogP contribution >= 0.6 is 0 Å². The molecule has 1 saturated heterocycles. The summed E-state index contributed by atoms with van der Waals surface area (Å²) in [5.41, 5.74) is 2.03. The topological polar surface area (TPSA) is 3.24 Å². The van der Waals surface area contributed by atoms with Crippen LogP contribution in [0.15, 0.2) is 30.3 Å². The zero-order valence-electron chi connectivity index (χ0n) is 15.4. The van der Waals surface area contributed by atoms with Crippen molar-refractivity contribution in [1.29, 1.82) is 0 Å². The van der Waals surface area contributed by atoms with E-state index in [4.69, 9.17) is 0 Å². The maximum Gasteiger partial charge on any atom is 0.000977 e. The molecule has 0 spiro atoms. The van der Waals surface area contributed by atoms with Gasteiger partial charge in [0, 0.05) is 6.54 Å². The van der Waals surface area contributed by atoms with Crippen molar-refractivity contribution in [3.05, 3.63) is 35.9 Å². The molecule has 1 heteroatoms. The van der Waals surface area contributed by atoms with E-state index in [1.54, 1.807) is 0 Å². The van der Waals surface area contributed by atoms with Gasteiger partial charge in [-0.2, -0.15) is 0 Å². The molecular weight excluding hydrogens is 278 g/mol. The number of benzene rings is 1. The number of likely N-dealkylation sites (tertiary alicyclic amines) is 1. The summed E-state index contributed by atoms with van der Waals surface area (Å²) in [5, 5.41) is 0. The summed E-state index contributed by atoms with van der Waals surface area (Å²) in [4.78, 5) is 2.76. The molecule has 0 bridgehead atoms. The van der Waals surface area contributed by atoms with Crippen LogP contribution in [0, 0.1) is 23.2 Å². The summed E-state index contributed by atoms with van der Waals surface area (Å²) >= 11 is 0. The number of hydrogen-bond donors (Lipinski definition) is 0. The van der Waals surface area contributed by atoms with Crippen LogP contribution in [-0.2, 0) is 6.42 Å². The van der Waals surface area contributed by atoms with Gasteiger partial charge >= 0.3 is 0 Å². The van der Waals surface area contributed by atoms with Crippen molar-refractivity contribution in [2.24, 2.45) is 23.2 Å². The first-order chi connectivity index (χ1) is 11.0. The fourth-order valence-electron chi connectivity index (χ4n) is 4.71. The van der Waals surface area contributed by atoms with Crippen molar-refractivity contribution < 1.29 is 0 Å². The van der Waals surface area contributed by atoms with E-state index in [1.165, 1.54) is 63.7 Å². The second-order valence-corrected chi connectivity index (χ2v) is 9.18. The second kappa shape index (κ2) is 7.38. The first-order valence-corrected chi connectivity index (χ1v) is 9.77. The molecule has 1 aliphatic heterocycles. The number of piperidine rings is 1. The third-order valence-electron chi connectivity index (χ3n) is 6.36. The molecule has 0 radical (unpaired) electrons. The second-order valence-electron chi connectivity index (χ2n) is 9.18. The molecule has 1 heterocycles. The minimum atomic E-state index is 0.511. The zero-order chi connectivity index (χ0) is 16.3. The SMILES string of the molecule is CC(C)(C)C1CCC(CN2CCC(Cc3ccccc3)CC2)C1. The van der Waals surface area contributed by atoms with E-state index in [2.05, 4.69) is 56.0 Å². The molecule has 2 atom stereocenters. The van der Waals surface area contributed by atoms with Crippen LogP contribution in [0.4, 0.5) is 0 Å². The van der Waals surface area contributed by atoms with Crippen LogP contribution in [0.3, 0.4) is 0 Å². The summed E-state index contributed by atoms with van der Waals surface area (Å²) in [6.45, 7) is 11.3. The quantitative estimate of drug-likeness (QED) is 0.719. The van der Waals surface area contributed by atoms with Gasteiger partial charge in [-0.25, -0.2) is 0 Å². The highest BCUT2D eigenvalue weighted by atomic mass is 15.1. The highest BCUT2D eigenvalue weighted by Crippen LogP contribution is 2.42. The molecular formula is C22H35N. The van der Waals surface area contributed by atoms with Gasteiger partial charge in [-0.15, -0.1) is 0 Å². The molecule has 1 nitrogen and oxygen atoms in total. The summed E-state index contributed by atoms with van der Waals surface area (Å²) in [6, 6.07) is 11.1. The summed E-state index contributed by atoms with van der Waals surface area (Å²) in [7, 11) is 0. The Morgan fingerprint density at radius 2 is 1.61 bits per heavy atom. The fraction of sp³-hybridized carbons (Fsp3) is 0.727. The zero-order valence-corrected chi connectivity index (χ0v) is 15.4. The van der Waals surface area contributed by atoms with E-state index in [1.807, 2.05) is 0 Å². The van der Waals surface area contributed by atoms with Crippen LogP contribution < -0.4 is 0 Å². The van der Waals surface area contributed by atoms with Gasteiger partial charge in [0.2, 0.25) is 0 Å². The summed E-state index contributed by atoms with van der Waals surface area (Å²) < 4.78 is 0. The molecule has 0 aromatic heterocycles. The average molecular weight is 314 g/mol. The Kier molecular flexibility index (Phi) is 5.46. The summed E-state index contributed by atoms with van der Waals surface area (Å²) in [6.07, 6.45) is 8.46. The maximum atomic E-state index is 2.76. The van der Waals surface area contributed by atoms with Crippen LogP contribution in [0.5, 0.6) is 0 Å². The molecule has 2 fully saturated rings. The lowest BCUT2D eigenvalue weighted by Gasteiger charge is -2.34. The summed E-state index contributed by atoms with van der Waals surface area (Å²) in [5.74, 6) is 2.81. The van der Waals surface area contributed by atoms with Crippen LogP contribution in [0.25, 0.3) is 0 Å². The highest BCUT2D eigenvalue weighted by Gasteiger charge is 2.34. The third-order valence-corrected chi connectivity index (χ3v) is 6.36. The molecule has 0 N–H and O–H groups in total. The van der Waals surface area contributed by atoms with Gasteiger partial charge in [-0.3, -0.25) is 0 Å². The molecule has 1 aromatic carbocycles. The molecule has 1 aliphatic carbocycles. The van der Waals surface area contributed by atoms with E-state index in [-0.39, 0.29) is 0 Å². The van der Waals surface area contributed by atoms with Gasteiger partial charge in [0.1, 0.15) is 0 Å². The van der Waals surface area contributed by atoms with Crippen molar-refractivity contribution in [2.45, 2.75) is 59.3 Å². The Bertz CT molecular complexity index is 464. The van der Waals surface area contributed by atoms with E-state index in [0.717, 1.165) is 17.8 Å². The lowest BCUT2D eigenvalue weighted by atomic mass is 9.79. The lowest BCUT2D eigenvalue weighted by Crippen LogP contribution is -2.37. The Morgan fingerprint density at radius 1 is 0.913 bits per heavy atom. The third kappa shape index (κ3) is 4.83. The predicted molar refractivity (Wildman–Crippen MR) is 99.6 cm³/mol. The maximum absolute atomic E-state index is 2.76. The fourth-order valence-corrected chi connectivity index (χ4v) is 4.71. The van der Waals surface area contributed by atoms with Crippen molar-refractivity contribution in [3.63, 3.8) is 0 Å². The van der Waals surface area contributed by atoms with Crippen molar-refractivity contribution >= 4 is 0 Å². The largest absolute Gasteiger partial charge is 0.303 e. The molecule has 3 rings (SSSR count). The van der Waals surface area contributed by atoms with Crippen LogP contribution in [0.1, 0.15) is 58.4 Å². The smallest absolute Gasteiger partial charge is 0.000977 e. The molecule has 23 heavy (non-hydrogen) atoms. The monoisotopic (exact) mass is 313 g/mol.